The molecule has 2 fully saturated rings. The lowest BCUT2D eigenvalue weighted by Gasteiger charge is -2.23. The lowest BCUT2D eigenvalue weighted by molar-refractivity contribution is -0.137. The van der Waals surface area contributed by atoms with Gasteiger partial charge in [-0.1, -0.05) is 12.1 Å². The lowest BCUT2D eigenvalue weighted by atomic mass is 9.96. The van der Waals surface area contributed by atoms with Gasteiger partial charge >= 0.3 is 6.18 Å². The first-order chi connectivity index (χ1) is 12.8. The smallest absolute Gasteiger partial charge is 0.344 e. The molecule has 1 N–H and O–H groups in total. The zero-order chi connectivity index (χ0) is 19.2. The van der Waals surface area contributed by atoms with Gasteiger partial charge in [0, 0.05) is 25.4 Å². The van der Waals surface area contributed by atoms with Gasteiger partial charge in [0.25, 0.3) is 0 Å². The topological polar surface area (TPSA) is 58.1 Å². The van der Waals surface area contributed by atoms with E-state index in [1.165, 1.54) is 12.1 Å². The molecule has 1 amide bonds. The molecule has 5 nitrogen and oxygen atoms in total. The average Bonchev–Trinajstić information content (AvgIpc) is 3.21. The molecule has 1 spiro atoms. The third kappa shape index (κ3) is 3.58. The van der Waals surface area contributed by atoms with Crippen LogP contribution in [0.2, 0.25) is 0 Å². The fourth-order valence-electron chi connectivity index (χ4n) is 3.89. The van der Waals surface area contributed by atoms with Crippen molar-refractivity contribution < 1.29 is 18.0 Å². The molecule has 2 aliphatic heterocycles. The predicted molar refractivity (Wildman–Crippen MR) is 99.8 cm³/mol. The number of likely N-dealkylation sites (N-methyl/N-ethyl adjacent to an activating group) is 1. The van der Waals surface area contributed by atoms with E-state index in [1.807, 2.05) is 0 Å². The average molecular weight is 413 g/mol. The van der Waals surface area contributed by atoms with Crippen molar-refractivity contribution in [2.24, 2.45) is 0 Å². The van der Waals surface area contributed by atoms with Crippen LogP contribution in [0.25, 0.3) is 11.3 Å². The van der Waals surface area contributed by atoms with Crippen LogP contribution in [0.4, 0.5) is 13.2 Å². The number of alkyl halides is 3. The van der Waals surface area contributed by atoms with Crippen molar-refractivity contribution in [3.8, 4) is 11.3 Å². The summed E-state index contributed by atoms with van der Waals surface area (Å²) >= 11 is 0. The van der Waals surface area contributed by atoms with E-state index in [9.17, 15) is 18.0 Å². The number of carbonyl (C=O) groups is 1. The summed E-state index contributed by atoms with van der Waals surface area (Å²) in [6, 6.07) is 6.45. The van der Waals surface area contributed by atoms with Crippen LogP contribution < -0.4 is 5.32 Å². The number of nitrogens with one attached hydrogen (secondary N) is 1. The highest BCUT2D eigenvalue weighted by atomic mass is 35.5. The molecule has 2 aromatic rings. The van der Waals surface area contributed by atoms with E-state index in [1.54, 1.807) is 24.2 Å². The first kappa shape index (κ1) is 20.5. The Morgan fingerprint density at radius 1 is 1.18 bits per heavy atom. The van der Waals surface area contributed by atoms with Gasteiger partial charge in [0.2, 0.25) is 5.91 Å². The Morgan fingerprint density at radius 3 is 2.50 bits per heavy atom. The summed E-state index contributed by atoms with van der Waals surface area (Å²) in [6.07, 6.45) is -0.523. The van der Waals surface area contributed by atoms with Crippen molar-refractivity contribution in [3.05, 3.63) is 47.9 Å². The lowest BCUT2D eigenvalue weighted by Crippen LogP contribution is -2.47. The number of carbonyl (C=O) groups excluding carboxylic acids is 1. The molecule has 1 aromatic heterocycles. The molecule has 9 heteroatoms. The van der Waals surface area contributed by atoms with Crippen LogP contribution in [0, 0.1) is 0 Å². The minimum Gasteiger partial charge on any atom is -0.344 e. The molecule has 0 saturated carbocycles. The number of hydrogen-bond acceptors (Lipinski definition) is 4. The molecule has 4 rings (SSSR count). The Hall–Kier alpha value is -2.19. The summed E-state index contributed by atoms with van der Waals surface area (Å²) in [4.78, 5) is 23.0. The number of benzene rings is 1. The van der Waals surface area contributed by atoms with Crippen molar-refractivity contribution in [1.82, 2.24) is 20.2 Å². The van der Waals surface area contributed by atoms with Crippen LogP contribution in [0.15, 0.2) is 36.5 Å². The standard InChI is InChI=1S/C19H19F3N4O.ClH/c1-26-11-9-18(17(26)27)8-6-15(25-18)16-23-10-7-14(24-16)12-2-4-13(5-3-12)19(20,21)22;/h2-5,7,10,15,25H,6,8-9,11H2,1H3;1H/t15-,18+;/m0./s1. The highest BCUT2D eigenvalue weighted by Crippen LogP contribution is 2.38. The summed E-state index contributed by atoms with van der Waals surface area (Å²) in [5.41, 5.74) is -0.0705. The highest BCUT2D eigenvalue weighted by Gasteiger charge is 2.50. The first-order valence-corrected chi connectivity index (χ1v) is 8.82. The van der Waals surface area contributed by atoms with E-state index >= 15 is 0 Å². The Morgan fingerprint density at radius 2 is 1.89 bits per heavy atom. The van der Waals surface area contributed by atoms with Crippen LogP contribution in [0.5, 0.6) is 0 Å². The molecule has 0 unspecified atom stereocenters. The Balaban J connectivity index is 0.00000225. The van der Waals surface area contributed by atoms with Crippen LogP contribution in [-0.2, 0) is 11.0 Å². The summed E-state index contributed by atoms with van der Waals surface area (Å²) in [7, 11) is 1.80. The quantitative estimate of drug-likeness (QED) is 0.818. The molecule has 0 radical (unpaired) electrons. The Labute approximate surface area is 166 Å². The van der Waals surface area contributed by atoms with E-state index in [-0.39, 0.29) is 24.4 Å². The van der Waals surface area contributed by atoms with Gasteiger partial charge in [0.15, 0.2) is 0 Å². The molecular formula is C19H20ClF3N4O. The Bertz CT molecular complexity index is 874. The normalized spacial score (nSPS) is 24.6. The number of aromatic nitrogens is 2. The second-order valence-corrected chi connectivity index (χ2v) is 7.17. The van der Waals surface area contributed by atoms with Crippen LogP contribution >= 0.6 is 12.4 Å². The van der Waals surface area contributed by atoms with E-state index in [4.69, 9.17) is 0 Å². The maximum absolute atomic E-state index is 12.7. The molecule has 3 heterocycles. The van der Waals surface area contributed by atoms with Gasteiger partial charge in [0.05, 0.1) is 17.3 Å². The Kier molecular flexibility index (Phi) is 5.38. The summed E-state index contributed by atoms with van der Waals surface area (Å²) in [5.74, 6) is 0.663. The number of amides is 1. The van der Waals surface area contributed by atoms with E-state index in [0.29, 0.717) is 17.1 Å². The molecule has 0 aliphatic carbocycles. The van der Waals surface area contributed by atoms with Gasteiger partial charge in [0.1, 0.15) is 11.4 Å². The summed E-state index contributed by atoms with van der Waals surface area (Å²) in [5, 5.41) is 3.41. The molecule has 1 aromatic carbocycles. The third-order valence-corrected chi connectivity index (χ3v) is 5.43. The zero-order valence-corrected chi connectivity index (χ0v) is 16.0. The van der Waals surface area contributed by atoms with Crippen LogP contribution in [0.3, 0.4) is 0 Å². The zero-order valence-electron chi connectivity index (χ0n) is 15.2. The molecule has 2 aliphatic rings. The summed E-state index contributed by atoms with van der Waals surface area (Å²) < 4.78 is 38.2. The van der Waals surface area contributed by atoms with Crippen molar-refractivity contribution in [2.45, 2.75) is 37.0 Å². The maximum Gasteiger partial charge on any atom is 0.416 e. The van der Waals surface area contributed by atoms with Crippen LogP contribution in [-0.4, -0.2) is 39.9 Å². The van der Waals surface area contributed by atoms with Crippen molar-refractivity contribution in [1.29, 1.82) is 0 Å². The van der Waals surface area contributed by atoms with Gasteiger partial charge in [-0.25, -0.2) is 9.97 Å². The van der Waals surface area contributed by atoms with E-state index in [0.717, 1.165) is 37.9 Å². The predicted octanol–water partition coefficient (Wildman–Crippen LogP) is 3.61. The number of rotatable bonds is 2. The van der Waals surface area contributed by atoms with E-state index < -0.39 is 17.3 Å². The largest absolute Gasteiger partial charge is 0.416 e. The fourth-order valence-corrected chi connectivity index (χ4v) is 3.89. The van der Waals surface area contributed by atoms with Gasteiger partial charge in [-0.2, -0.15) is 13.2 Å². The van der Waals surface area contributed by atoms with Gasteiger partial charge in [-0.05, 0) is 37.5 Å². The fraction of sp³-hybridized carbons (Fsp3) is 0.421. The second kappa shape index (κ2) is 7.33. The number of likely N-dealkylation sites (tertiary alicyclic amines) is 1. The van der Waals surface area contributed by atoms with Crippen molar-refractivity contribution in [2.75, 3.05) is 13.6 Å². The molecular weight excluding hydrogens is 393 g/mol. The molecule has 0 bridgehead atoms. The summed E-state index contributed by atoms with van der Waals surface area (Å²) in [6.45, 7) is 0.727. The number of halogens is 4. The molecule has 28 heavy (non-hydrogen) atoms. The minimum atomic E-state index is -4.36. The van der Waals surface area contributed by atoms with E-state index in [2.05, 4.69) is 15.3 Å². The van der Waals surface area contributed by atoms with Crippen LogP contribution in [0.1, 0.15) is 36.7 Å². The van der Waals surface area contributed by atoms with Crippen molar-refractivity contribution in [3.63, 3.8) is 0 Å². The maximum atomic E-state index is 12.7. The highest BCUT2D eigenvalue weighted by molar-refractivity contribution is 5.88. The molecule has 2 atom stereocenters. The minimum absolute atomic E-state index is 0. The SMILES string of the molecule is CN1CC[C@]2(CC[C@@H](c3nccc(-c4ccc(C(F)(F)F)cc4)n3)N2)C1=O.Cl. The van der Waals surface area contributed by atoms with Gasteiger partial charge in [-0.3, -0.25) is 10.1 Å². The monoisotopic (exact) mass is 412 g/mol. The number of hydrogen-bond donors (Lipinski definition) is 1. The molecule has 2 saturated heterocycles. The second-order valence-electron chi connectivity index (χ2n) is 7.17. The number of nitrogens with zero attached hydrogens (tertiary/aromatic N) is 3. The molecule has 150 valence electrons. The first-order valence-electron chi connectivity index (χ1n) is 8.82. The van der Waals surface area contributed by atoms with Gasteiger partial charge < -0.3 is 4.90 Å². The van der Waals surface area contributed by atoms with Gasteiger partial charge in [-0.15, -0.1) is 12.4 Å². The third-order valence-electron chi connectivity index (χ3n) is 5.43. The van der Waals surface area contributed by atoms with Crippen molar-refractivity contribution >= 4 is 18.3 Å².